The molecular formula is C18H23N3O5S. The van der Waals surface area contributed by atoms with Gasteiger partial charge in [0, 0.05) is 29.6 Å². The topological polar surface area (TPSA) is 103 Å². The van der Waals surface area contributed by atoms with E-state index in [4.69, 9.17) is 14.2 Å². The number of anilines is 1. The van der Waals surface area contributed by atoms with Gasteiger partial charge in [-0.25, -0.2) is 4.98 Å². The SMILES string of the molecule is CCCc1cc(=O)[nH]c(SCC(=O)Nc2cc(OC)c(OC)c(OC)c2)n1. The number of carbonyl (C=O) groups is 1. The zero-order valence-corrected chi connectivity index (χ0v) is 16.6. The van der Waals surface area contributed by atoms with Crippen molar-refractivity contribution in [2.45, 2.75) is 24.9 Å². The molecule has 1 aromatic carbocycles. The minimum atomic E-state index is -0.252. The highest BCUT2D eigenvalue weighted by Crippen LogP contribution is 2.39. The lowest BCUT2D eigenvalue weighted by atomic mass is 10.2. The van der Waals surface area contributed by atoms with Crippen molar-refractivity contribution in [1.29, 1.82) is 0 Å². The molecule has 0 fully saturated rings. The largest absolute Gasteiger partial charge is 0.493 e. The van der Waals surface area contributed by atoms with Crippen molar-refractivity contribution in [1.82, 2.24) is 9.97 Å². The monoisotopic (exact) mass is 393 g/mol. The van der Waals surface area contributed by atoms with Gasteiger partial charge in [0.25, 0.3) is 5.56 Å². The van der Waals surface area contributed by atoms with Gasteiger partial charge in [-0.1, -0.05) is 25.1 Å². The molecule has 0 spiro atoms. The summed E-state index contributed by atoms with van der Waals surface area (Å²) in [5.41, 5.74) is 1.01. The number of thioether (sulfide) groups is 1. The first kappa shape index (κ1) is 20.6. The lowest BCUT2D eigenvalue weighted by molar-refractivity contribution is -0.113. The van der Waals surface area contributed by atoms with E-state index in [1.165, 1.54) is 27.4 Å². The van der Waals surface area contributed by atoms with E-state index in [9.17, 15) is 9.59 Å². The molecule has 1 aromatic heterocycles. The number of H-pyrrole nitrogens is 1. The summed E-state index contributed by atoms with van der Waals surface area (Å²) in [4.78, 5) is 30.9. The van der Waals surface area contributed by atoms with Crippen LogP contribution in [0.15, 0.2) is 28.2 Å². The molecule has 9 heteroatoms. The summed E-state index contributed by atoms with van der Waals surface area (Å²) in [6.07, 6.45) is 1.61. The van der Waals surface area contributed by atoms with Gasteiger partial charge in [-0.2, -0.15) is 0 Å². The molecule has 0 saturated carbocycles. The van der Waals surface area contributed by atoms with Crippen LogP contribution in [-0.2, 0) is 11.2 Å². The second-order valence-electron chi connectivity index (χ2n) is 5.54. The average molecular weight is 393 g/mol. The third-order valence-electron chi connectivity index (χ3n) is 3.57. The number of benzene rings is 1. The number of amides is 1. The number of hydrogen-bond donors (Lipinski definition) is 2. The maximum Gasteiger partial charge on any atom is 0.251 e. The molecule has 146 valence electrons. The van der Waals surface area contributed by atoms with E-state index in [1.54, 1.807) is 12.1 Å². The number of methoxy groups -OCH3 is 3. The van der Waals surface area contributed by atoms with E-state index >= 15 is 0 Å². The summed E-state index contributed by atoms with van der Waals surface area (Å²) in [5, 5.41) is 3.19. The molecule has 2 N–H and O–H groups in total. The maximum atomic E-state index is 12.3. The smallest absolute Gasteiger partial charge is 0.251 e. The van der Waals surface area contributed by atoms with Crippen LogP contribution in [0.4, 0.5) is 5.69 Å². The number of rotatable bonds is 9. The maximum absolute atomic E-state index is 12.3. The number of aryl methyl sites for hydroxylation is 1. The Morgan fingerprint density at radius 3 is 2.37 bits per heavy atom. The number of nitrogens with one attached hydrogen (secondary N) is 2. The third kappa shape index (κ3) is 5.65. The molecular weight excluding hydrogens is 370 g/mol. The molecule has 0 atom stereocenters. The van der Waals surface area contributed by atoms with Crippen LogP contribution >= 0.6 is 11.8 Å². The fourth-order valence-corrected chi connectivity index (χ4v) is 3.11. The molecule has 0 aliphatic rings. The summed E-state index contributed by atoms with van der Waals surface area (Å²) in [5.74, 6) is 1.17. The standard InChI is InChI=1S/C18H23N3O5S/c1-5-6-11-9-15(22)21-18(20-11)27-10-16(23)19-12-7-13(24-2)17(26-4)14(8-12)25-3/h7-9H,5-6,10H2,1-4H3,(H,19,23)(H,20,21,22). The number of aromatic amines is 1. The third-order valence-corrected chi connectivity index (χ3v) is 4.44. The van der Waals surface area contributed by atoms with Crippen molar-refractivity contribution in [2.75, 3.05) is 32.4 Å². The van der Waals surface area contributed by atoms with Gasteiger partial charge in [0.15, 0.2) is 16.7 Å². The Hall–Kier alpha value is -2.68. The highest BCUT2D eigenvalue weighted by molar-refractivity contribution is 7.99. The van der Waals surface area contributed by atoms with Crippen LogP contribution in [-0.4, -0.2) is 43.0 Å². The Labute approximate surface area is 161 Å². The van der Waals surface area contributed by atoms with Gasteiger partial charge in [-0.3, -0.25) is 9.59 Å². The summed E-state index contributed by atoms with van der Waals surface area (Å²) < 4.78 is 15.8. The molecule has 8 nitrogen and oxygen atoms in total. The average Bonchev–Trinajstić information content (AvgIpc) is 2.65. The van der Waals surface area contributed by atoms with E-state index in [0.717, 1.165) is 24.6 Å². The number of nitrogens with zero attached hydrogens (tertiary/aromatic N) is 1. The molecule has 1 heterocycles. The van der Waals surface area contributed by atoms with Gasteiger partial charge >= 0.3 is 0 Å². The predicted octanol–water partition coefficient (Wildman–Crippen LogP) is 2.48. The first-order valence-electron chi connectivity index (χ1n) is 8.33. The van der Waals surface area contributed by atoms with Gasteiger partial charge in [0.1, 0.15) is 0 Å². The van der Waals surface area contributed by atoms with Crippen molar-refractivity contribution >= 4 is 23.4 Å². The van der Waals surface area contributed by atoms with Gasteiger partial charge < -0.3 is 24.5 Å². The fourth-order valence-electron chi connectivity index (χ4n) is 2.42. The van der Waals surface area contributed by atoms with E-state index in [0.29, 0.717) is 33.8 Å². The van der Waals surface area contributed by atoms with Gasteiger partial charge in [0.05, 0.1) is 27.1 Å². The summed E-state index contributed by atoms with van der Waals surface area (Å²) in [7, 11) is 4.52. The zero-order chi connectivity index (χ0) is 19.8. The van der Waals surface area contributed by atoms with Gasteiger partial charge in [-0.15, -0.1) is 0 Å². The predicted molar refractivity (Wildman–Crippen MR) is 104 cm³/mol. The number of aromatic nitrogens is 2. The van der Waals surface area contributed by atoms with Crippen molar-refractivity contribution in [3.05, 3.63) is 34.2 Å². The van der Waals surface area contributed by atoms with Crippen LogP contribution < -0.4 is 25.1 Å². The zero-order valence-electron chi connectivity index (χ0n) is 15.8. The molecule has 2 rings (SSSR count). The molecule has 0 aliphatic heterocycles. The van der Waals surface area contributed by atoms with Crippen LogP contribution in [0.25, 0.3) is 0 Å². The van der Waals surface area contributed by atoms with Crippen LogP contribution in [0.1, 0.15) is 19.0 Å². The number of carbonyl (C=O) groups excluding carboxylic acids is 1. The lowest BCUT2D eigenvalue weighted by Gasteiger charge is -2.14. The van der Waals surface area contributed by atoms with E-state index in [-0.39, 0.29) is 17.2 Å². The van der Waals surface area contributed by atoms with Crippen LogP contribution in [0.5, 0.6) is 17.2 Å². The first-order valence-corrected chi connectivity index (χ1v) is 9.32. The Balaban J connectivity index is 2.07. The second-order valence-corrected chi connectivity index (χ2v) is 6.51. The molecule has 0 bridgehead atoms. The number of ether oxygens (including phenoxy) is 3. The lowest BCUT2D eigenvalue weighted by Crippen LogP contribution is -2.16. The molecule has 0 radical (unpaired) electrons. The molecule has 1 amide bonds. The number of hydrogen-bond acceptors (Lipinski definition) is 7. The molecule has 0 aliphatic carbocycles. The first-order chi connectivity index (χ1) is 13.0. The highest BCUT2D eigenvalue weighted by Gasteiger charge is 2.15. The van der Waals surface area contributed by atoms with E-state index in [1.807, 2.05) is 6.92 Å². The van der Waals surface area contributed by atoms with E-state index < -0.39 is 0 Å². The minimum Gasteiger partial charge on any atom is -0.493 e. The van der Waals surface area contributed by atoms with Crippen molar-refractivity contribution in [2.24, 2.45) is 0 Å². The normalized spacial score (nSPS) is 10.4. The Morgan fingerprint density at radius 1 is 1.15 bits per heavy atom. The summed E-state index contributed by atoms with van der Waals surface area (Å²) >= 11 is 1.16. The van der Waals surface area contributed by atoms with Crippen LogP contribution in [0.2, 0.25) is 0 Å². The van der Waals surface area contributed by atoms with Crippen LogP contribution in [0, 0.1) is 0 Å². The summed E-state index contributed by atoms with van der Waals surface area (Å²) in [6.45, 7) is 2.01. The van der Waals surface area contributed by atoms with Crippen molar-refractivity contribution in [3.63, 3.8) is 0 Å². The van der Waals surface area contributed by atoms with E-state index in [2.05, 4.69) is 15.3 Å². The second kappa shape index (κ2) is 9.86. The van der Waals surface area contributed by atoms with Crippen LogP contribution in [0.3, 0.4) is 0 Å². The Kier molecular flexibility index (Phi) is 7.54. The summed E-state index contributed by atoms with van der Waals surface area (Å²) in [6, 6.07) is 4.77. The molecule has 0 saturated heterocycles. The fraction of sp³-hybridized carbons (Fsp3) is 0.389. The molecule has 0 unspecified atom stereocenters. The molecule has 2 aromatic rings. The van der Waals surface area contributed by atoms with Crippen molar-refractivity contribution < 1.29 is 19.0 Å². The minimum absolute atomic E-state index is 0.0924. The van der Waals surface area contributed by atoms with Crippen molar-refractivity contribution in [3.8, 4) is 17.2 Å². The van der Waals surface area contributed by atoms with Gasteiger partial charge in [-0.05, 0) is 6.42 Å². The Bertz CT molecular complexity index is 828. The quantitative estimate of drug-likeness (QED) is 0.498. The highest BCUT2D eigenvalue weighted by atomic mass is 32.2. The van der Waals surface area contributed by atoms with Gasteiger partial charge in [0.2, 0.25) is 11.7 Å². The molecule has 27 heavy (non-hydrogen) atoms. The Morgan fingerprint density at radius 2 is 1.81 bits per heavy atom.